The third-order valence-electron chi connectivity index (χ3n) is 4.07. The van der Waals surface area contributed by atoms with Gasteiger partial charge in [-0.05, 0) is 29.8 Å². The summed E-state index contributed by atoms with van der Waals surface area (Å²) in [6.45, 7) is 0.304. The monoisotopic (exact) mass is 362 g/mol. The number of benzene rings is 2. The summed E-state index contributed by atoms with van der Waals surface area (Å²) in [6.07, 6.45) is 1.60. The van der Waals surface area contributed by atoms with E-state index in [1.807, 2.05) is 30.3 Å². The summed E-state index contributed by atoms with van der Waals surface area (Å²) < 4.78 is 0. The molecule has 3 rings (SSSR count). The fourth-order valence-corrected chi connectivity index (χ4v) is 2.72. The number of hydrogen-bond acceptors (Lipinski definition) is 5. The summed E-state index contributed by atoms with van der Waals surface area (Å²) in [6, 6.07) is 19.2. The number of carbonyl (C=O) groups excluding carboxylic acids is 1. The predicted molar refractivity (Wildman–Crippen MR) is 104 cm³/mol. The molecule has 0 aliphatic rings. The van der Waals surface area contributed by atoms with Crippen LogP contribution in [0.2, 0.25) is 0 Å². The summed E-state index contributed by atoms with van der Waals surface area (Å²) in [5, 5.41) is 14.1. The zero-order valence-electron chi connectivity index (χ0n) is 14.7. The van der Waals surface area contributed by atoms with Gasteiger partial charge in [0.1, 0.15) is 11.5 Å². The van der Waals surface area contributed by atoms with Gasteiger partial charge < -0.3 is 5.32 Å². The molecule has 3 aromatic rings. The van der Waals surface area contributed by atoms with E-state index in [4.69, 9.17) is 0 Å². The highest BCUT2D eigenvalue weighted by Gasteiger charge is 2.23. The number of nitro groups is 1. The van der Waals surface area contributed by atoms with Crippen molar-refractivity contribution < 1.29 is 9.72 Å². The fourth-order valence-electron chi connectivity index (χ4n) is 2.72. The summed E-state index contributed by atoms with van der Waals surface area (Å²) in [5.41, 5.74) is 1.35. The number of nitro benzene ring substituents is 1. The van der Waals surface area contributed by atoms with E-state index in [0.29, 0.717) is 18.1 Å². The Morgan fingerprint density at radius 2 is 1.85 bits per heavy atom. The van der Waals surface area contributed by atoms with Crippen molar-refractivity contribution in [2.45, 2.75) is 6.54 Å². The molecule has 7 nitrogen and oxygen atoms in total. The number of rotatable bonds is 6. The van der Waals surface area contributed by atoms with Crippen LogP contribution >= 0.6 is 0 Å². The van der Waals surface area contributed by atoms with Crippen LogP contribution in [0.5, 0.6) is 0 Å². The minimum absolute atomic E-state index is 0.149. The van der Waals surface area contributed by atoms with Crippen LogP contribution in [0.1, 0.15) is 15.9 Å². The van der Waals surface area contributed by atoms with Gasteiger partial charge in [0.05, 0.1) is 11.5 Å². The van der Waals surface area contributed by atoms with E-state index < -0.39 is 4.92 Å². The zero-order valence-corrected chi connectivity index (χ0v) is 14.7. The van der Waals surface area contributed by atoms with Crippen molar-refractivity contribution in [2.75, 3.05) is 17.3 Å². The van der Waals surface area contributed by atoms with Crippen LogP contribution < -0.4 is 10.2 Å². The first-order valence-electron chi connectivity index (χ1n) is 8.33. The second-order valence-corrected chi connectivity index (χ2v) is 5.80. The molecule has 0 spiro atoms. The minimum atomic E-state index is -0.509. The molecule has 0 aliphatic carbocycles. The average molecular weight is 362 g/mol. The van der Waals surface area contributed by atoms with Gasteiger partial charge in [-0.2, -0.15) is 0 Å². The van der Waals surface area contributed by atoms with E-state index in [1.165, 1.54) is 17.0 Å². The van der Waals surface area contributed by atoms with Crippen molar-refractivity contribution in [1.29, 1.82) is 0 Å². The molecule has 27 heavy (non-hydrogen) atoms. The lowest BCUT2D eigenvalue weighted by Crippen LogP contribution is -2.31. The van der Waals surface area contributed by atoms with Gasteiger partial charge in [0.15, 0.2) is 0 Å². The molecular formula is C20H18N4O3. The molecule has 7 heteroatoms. The normalized spacial score (nSPS) is 10.3. The van der Waals surface area contributed by atoms with E-state index in [0.717, 1.165) is 5.56 Å². The van der Waals surface area contributed by atoms with Gasteiger partial charge in [0.25, 0.3) is 11.6 Å². The lowest BCUT2D eigenvalue weighted by Gasteiger charge is -2.22. The third-order valence-corrected chi connectivity index (χ3v) is 4.07. The zero-order chi connectivity index (χ0) is 19.2. The molecule has 0 saturated carbocycles. The first-order valence-corrected chi connectivity index (χ1v) is 8.33. The number of carbonyl (C=O) groups is 1. The molecule has 0 saturated heterocycles. The number of pyridine rings is 1. The number of aromatic nitrogens is 1. The summed E-state index contributed by atoms with van der Waals surface area (Å²) in [7, 11) is 1.60. The molecular weight excluding hydrogens is 344 g/mol. The van der Waals surface area contributed by atoms with E-state index >= 15 is 0 Å². The first-order chi connectivity index (χ1) is 13.1. The third kappa shape index (κ3) is 4.09. The van der Waals surface area contributed by atoms with Crippen molar-refractivity contribution in [1.82, 2.24) is 4.98 Å². The molecule has 0 unspecified atom stereocenters. The maximum Gasteiger partial charge on any atom is 0.293 e. The van der Waals surface area contributed by atoms with Gasteiger partial charge in [0.2, 0.25) is 0 Å². The number of nitrogens with zero attached hydrogens (tertiary/aromatic N) is 3. The Kier molecular flexibility index (Phi) is 5.41. The van der Waals surface area contributed by atoms with Crippen LogP contribution in [0.3, 0.4) is 0 Å². The molecule has 1 amide bonds. The minimum Gasteiger partial charge on any atom is -0.383 e. The van der Waals surface area contributed by atoms with Crippen molar-refractivity contribution in [2.24, 2.45) is 0 Å². The van der Waals surface area contributed by atoms with Crippen LogP contribution in [0.15, 0.2) is 72.9 Å². The van der Waals surface area contributed by atoms with Crippen LogP contribution in [0, 0.1) is 10.1 Å². The lowest BCUT2D eigenvalue weighted by molar-refractivity contribution is -0.384. The van der Waals surface area contributed by atoms with Crippen molar-refractivity contribution >= 4 is 23.1 Å². The highest BCUT2D eigenvalue weighted by Crippen LogP contribution is 2.27. The van der Waals surface area contributed by atoms with Gasteiger partial charge in [-0.3, -0.25) is 19.8 Å². The highest BCUT2D eigenvalue weighted by atomic mass is 16.6. The topological polar surface area (TPSA) is 88.4 Å². The maximum absolute atomic E-state index is 13.2. The quantitative estimate of drug-likeness (QED) is 0.531. The maximum atomic E-state index is 13.2. The second kappa shape index (κ2) is 8.09. The highest BCUT2D eigenvalue weighted by molar-refractivity contribution is 6.06. The fraction of sp³-hybridized carbons (Fsp3) is 0.100. The van der Waals surface area contributed by atoms with Crippen molar-refractivity contribution in [3.63, 3.8) is 0 Å². The number of anilines is 2. The Balaban J connectivity index is 2.00. The predicted octanol–water partition coefficient (Wildman–Crippen LogP) is 3.88. The molecule has 0 aliphatic heterocycles. The molecule has 0 bridgehead atoms. The molecule has 1 aromatic heterocycles. The van der Waals surface area contributed by atoms with Crippen LogP contribution in [0.25, 0.3) is 0 Å². The Hall–Kier alpha value is -3.74. The van der Waals surface area contributed by atoms with E-state index in [9.17, 15) is 14.9 Å². The Labute approximate surface area is 156 Å². The van der Waals surface area contributed by atoms with Crippen LogP contribution in [0.4, 0.5) is 17.2 Å². The molecule has 1 N–H and O–H groups in total. The standard InChI is InChI=1S/C20H18N4O3/c1-21-17-11-10-16(13-18(17)24(26)27)20(25)23(19-9-5-6-12-22-19)14-15-7-3-2-4-8-15/h2-13,21H,14H2,1H3. The number of nitrogens with one attached hydrogen (secondary N) is 1. The summed E-state index contributed by atoms with van der Waals surface area (Å²) >= 11 is 0. The summed E-state index contributed by atoms with van der Waals surface area (Å²) in [4.78, 5) is 29.8. The number of hydrogen-bond donors (Lipinski definition) is 1. The average Bonchev–Trinajstić information content (AvgIpc) is 2.72. The summed E-state index contributed by atoms with van der Waals surface area (Å²) in [5.74, 6) is 0.120. The molecule has 0 fully saturated rings. The largest absolute Gasteiger partial charge is 0.383 e. The number of amides is 1. The van der Waals surface area contributed by atoms with E-state index in [1.54, 1.807) is 37.5 Å². The van der Waals surface area contributed by atoms with E-state index in [2.05, 4.69) is 10.3 Å². The van der Waals surface area contributed by atoms with Gasteiger partial charge in [-0.1, -0.05) is 36.4 Å². The lowest BCUT2D eigenvalue weighted by atomic mass is 10.1. The molecule has 2 aromatic carbocycles. The van der Waals surface area contributed by atoms with Crippen LogP contribution in [-0.4, -0.2) is 22.9 Å². The van der Waals surface area contributed by atoms with Crippen LogP contribution in [-0.2, 0) is 6.54 Å². The molecule has 1 heterocycles. The second-order valence-electron chi connectivity index (χ2n) is 5.80. The molecule has 136 valence electrons. The van der Waals surface area contributed by atoms with Crippen molar-refractivity contribution in [3.05, 3.63) is 94.2 Å². The SMILES string of the molecule is CNc1ccc(C(=O)N(Cc2ccccc2)c2ccccn2)cc1[N+](=O)[O-]. The smallest absolute Gasteiger partial charge is 0.293 e. The Bertz CT molecular complexity index is 946. The van der Waals surface area contributed by atoms with Gasteiger partial charge in [0, 0.05) is 24.9 Å². The van der Waals surface area contributed by atoms with Gasteiger partial charge in [-0.25, -0.2) is 4.98 Å². The van der Waals surface area contributed by atoms with E-state index in [-0.39, 0.29) is 17.2 Å². The molecule has 0 atom stereocenters. The van der Waals surface area contributed by atoms with Crippen molar-refractivity contribution in [3.8, 4) is 0 Å². The Morgan fingerprint density at radius 3 is 2.48 bits per heavy atom. The Morgan fingerprint density at radius 1 is 1.11 bits per heavy atom. The van der Waals surface area contributed by atoms with Gasteiger partial charge >= 0.3 is 0 Å². The molecule has 0 radical (unpaired) electrons. The first kappa shape index (κ1) is 18.1. The van der Waals surface area contributed by atoms with Gasteiger partial charge in [-0.15, -0.1) is 0 Å².